The summed E-state index contributed by atoms with van der Waals surface area (Å²) in [6.07, 6.45) is 3.40. The Labute approximate surface area is 260 Å². The van der Waals surface area contributed by atoms with Gasteiger partial charge in [-0.2, -0.15) is 0 Å². The van der Waals surface area contributed by atoms with Crippen molar-refractivity contribution in [3.63, 3.8) is 0 Å². The van der Waals surface area contributed by atoms with Gasteiger partial charge in [0.1, 0.15) is 21.2 Å². The van der Waals surface area contributed by atoms with Crippen molar-refractivity contribution in [1.29, 1.82) is 0 Å². The Morgan fingerprint density at radius 3 is 2.28 bits per heavy atom. The molecule has 0 bridgehead atoms. The minimum absolute atomic E-state index is 0.394. The quantitative estimate of drug-likeness (QED) is 0.197. The number of carbonyl (C=O) groups is 1. The number of ether oxygens (including phenoxy) is 1. The van der Waals surface area contributed by atoms with Crippen LogP contribution in [0.1, 0.15) is 63.9 Å². The molecular weight excluding hydrogens is 581 g/mol. The van der Waals surface area contributed by atoms with Gasteiger partial charge in [0.25, 0.3) is 0 Å². The van der Waals surface area contributed by atoms with E-state index in [0.717, 1.165) is 55.2 Å². The summed E-state index contributed by atoms with van der Waals surface area (Å²) < 4.78 is 5.54. The maximum absolute atomic E-state index is 12.8. The summed E-state index contributed by atoms with van der Waals surface area (Å²) in [6, 6.07) is 18.3. The summed E-state index contributed by atoms with van der Waals surface area (Å²) >= 11 is 3.13. The number of aromatic nitrogens is 2. The second-order valence-corrected chi connectivity index (χ2v) is 15.0. The molecule has 0 atom stereocenters. The average Bonchev–Trinajstić information content (AvgIpc) is 3.61. The lowest BCUT2D eigenvalue weighted by Crippen LogP contribution is -2.62. The lowest BCUT2D eigenvalue weighted by Gasteiger charge is -2.52. The minimum Gasteiger partial charge on any atom is -0.444 e. The minimum atomic E-state index is -0.901. The Morgan fingerprint density at radius 1 is 0.977 bits per heavy atom. The predicted molar refractivity (Wildman–Crippen MR) is 171 cm³/mol. The van der Waals surface area contributed by atoms with E-state index in [1.54, 1.807) is 18.3 Å². The van der Waals surface area contributed by atoms with Crippen LogP contribution >= 0.6 is 22.7 Å². The monoisotopic (exact) mass is 618 g/mol. The molecule has 8 nitrogen and oxygen atoms in total. The molecule has 1 aliphatic carbocycles. The normalized spacial score (nSPS) is 23.4. The van der Waals surface area contributed by atoms with Crippen LogP contribution in [0.3, 0.4) is 0 Å². The Bertz CT molecular complexity index is 1590. The summed E-state index contributed by atoms with van der Waals surface area (Å²) in [4.78, 5) is 24.5. The number of piperidine rings is 1. The molecule has 2 aromatic carbocycles. The highest BCUT2D eigenvalue weighted by Crippen LogP contribution is 2.49. The van der Waals surface area contributed by atoms with Crippen LogP contribution in [0, 0.1) is 0 Å². The molecule has 4 N–H and O–H groups in total. The van der Waals surface area contributed by atoms with E-state index in [1.165, 1.54) is 11.3 Å². The summed E-state index contributed by atoms with van der Waals surface area (Å²) in [7, 11) is 0. The number of nitrogens with zero attached hydrogens (tertiary/aromatic N) is 2. The Balaban J connectivity index is 1.33. The average molecular weight is 619 g/mol. The van der Waals surface area contributed by atoms with Gasteiger partial charge in [-0.25, -0.2) is 14.8 Å². The lowest BCUT2D eigenvalue weighted by molar-refractivity contribution is -0.0892. The lowest BCUT2D eigenvalue weighted by atomic mass is 9.62. The van der Waals surface area contributed by atoms with Gasteiger partial charge in [0.15, 0.2) is 0 Å². The Kier molecular flexibility index (Phi) is 7.71. The molecule has 43 heavy (non-hydrogen) atoms. The van der Waals surface area contributed by atoms with Crippen molar-refractivity contribution in [2.45, 2.75) is 75.7 Å². The zero-order valence-corrected chi connectivity index (χ0v) is 26.6. The first-order valence-electron chi connectivity index (χ1n) is 14.7. The fraction of sp³-hybridized carbons (Fsp3) is 0.424. The highest BCUT2D eigenvalue weighted by atomic mass is 32.1. The Morgan fingerprint density at radius 2 is 1.65 bits per heavy atom. The van der Waals surface area contributed by atoms with Crippen LogP contribution < -0.4 is 10.6 Å². The van der Waals surface area contributed by atoms with Gasteiger partial charge in [-0.05, 0) is 64.8 Å². The van der Waals surface area contributed by atoms with Gasteiger partial charge >= 0.3 is 6.09 Å². The van der Waals surface area contributed by atoms with E-state index >= 15 is 0 Å². The van der Waals surface area contributed by atoms with E-state index in [2.05, 4.69) is 27.8 Å². The number of hydrogen-bond donors (Lipinski definition) is 4. The van der Waals surface area contributed by atoms with E-state index in [0.29, 0.717) is 25.7 Å². The predicted octanol–water partition coefficient (Wildman–Crippen LogP) is 6.44. The van der Waals surface area contributed by atoms with Gasteiger partial charge in [-0.3, -0.25) is 0 Å². The van der Waals surface area contributed by atoms with Crippen molar-refractivity contribution in [3.05, 3.63) is 71.4 Å². The van der Waals surface area contributed by atoms with Gasteiger partial charge < -0.3 is 25.6 Å². The van der Waals surface area contributed by atoms with Crippen molar-refractivity contribution in [1.82, 2.24) is 20.6 Å². The third-order valence-electron chi connectivity index (χ3n) is 8.02. The van der Waals surface area contributed by atoms with E-state index in [4.69, 9.17) is 9.72 Å². The number of aliphatic hydroxyl groups is 2. The maximum atomic E-state index is 12.8. The first-order chi connectivity index (χ1) is 20.3. The first-order valence-corrected chi connectivity index (χ1v) is 16.3. The number of carbonyl (C=O) groups excluding carboxylic acids is 1. The molecule has 1 saturated carbocycles. The highest BCUT2D eigenvalue weighted by molar-refractivity contribution is 7.23. The van der Waals surface area contributed by atoms with Crippen LogP contribution in [0.4, 0.5) is 4.79 Å². The summed E-state index contributed by atoms with van der Waals surface area (Å²) in [5.74, 6) is 0. The van der Waals surface area contributed by atoms with E-state index in [9.17, 15) is 15.0 Å². The number of alkyl carbamates (subject to hydrolysis) is 1. The van der Waals surface area contributed by atoms with Crippen LogP contribution in [0.2, 0.25) is 0 Å². The molecular formula is C33H38N4O4S2. The summed E-state index contributed by atoms with van der Waals surface area (Å²) in [5, 5.41) is 29.8. The number of nitrogens with one attached hydrogen (secondary N) is 2. The Hall–Kier alpha value is -3.15. The molecule has 1 saturated heterocycles. The number of benzene rings is 2. The third kappa shape index (κ3) is 6.25. The van der Waals surface area contributed by atoms with Crippen LogP contribution in [-0.4, -0.2) is 50.6 Å². The van der Waals surface area contributed by atoms with Crippen LogP contribution in [0.25, 0.3) is 31.6 Å². The van der Waals surface area contributed by atoms with Crippen LogP contribution in [-0.2, 0) is 15.9 Å². The number of hydrogen-bond acceptors (Lipinski definition) is 9. The van der Waals surface area contributed by atoms with E-state index < -0.39 is 28.4 Å². The number of amides is 1. The summed E-state index contributed by atoms with van der Waals surface area (Å²) in [5.41, 5.74) is 0.690. The highest BCUT2D eigenvalue weighted by Gasteiger charge is 2.53. The van der Waals surface area contributed by atoms with Crippen molar-refractivity contribution in [3.8, 4) is 31.6 Å². The molecule has 2 aromatic heterocycles. The molecule has 0 spiro atoms. The van der Waals surface area contributed by atoms with Crippen molar-refractivity contribution in [2.75, 3.05) is 13.1 Å². The second kappa shape index (κ2) is 11.1. The number of thiazole rings is 2. The maximum Gasteiger partial charge on any atom is 0.408 e. The van der Waals surface area contributed by atoms with Gasteiger partial charge in [0, 0.05) is 24.6 Å². The van der Waals surface area contributed by atoms with Gasteiger partial charge in [0.2, 0.25) is 0 Å². The smallest absolute Gasteiger partial charge is 0.408 e. The van der Waals surface area contributed by atoms with Crippen molar-refractivity contribution >= 4 is 28.8 Å². The molecule has 226 valence electrons. The molecule has 0 radical (unpaired) electrons. The molecule has 1 aliphatic heterocycles. The molecule has 4 aromatic rings. The SMILES string of the molecule is CC(C)(C)OC(=O)N[C@]1(c2ccc(-c3nc(-c4cnc(C5(O)CCNCC5)s4)sc3-c3ccccc3)cc2)C[C@@](C)(O)C1. The molecule has 2 aliphatic rings. The topological polar surface area (TPSA) is 117 Å². The van der Waals surface area contributed by atoms with Crippen LogP contribution in [0.5, 0.6) is 0 Å². The molecule has 10 heteroatoms. The molecule has 6 rings (SSSR count). The first kappa shape index (κ1) is 29.9. The fourth-order valence-corrected chi connectivity index (χ4v) is 8.30. The van der Waals surface area contributed by atoms with Crippen LogP contribution in [0.15, 0.2) is 60.8 Å². The van der Waals surface area contributed by atoms with Gasteiger partial charge in [0.05, 0.1) is 26.6 Å². The zero-order chi connectivity index (χ0) is 30.5. The van der Waals surface area contributed by atoms with Gasteiger partial charge in [-0.15, -0.1) is 22.7 Å². The third-order valence-corrected chi connectivity index (χ3v) is 10.5. The number of rotatable bonds is 6. The van der Waals surface area contributed by atoms with Crippen molar-refractivity contribution < 1.29 is 19.7 Å². The largest absolute Gasteiger partial charge is 0.444 e. The zero-order valence-electron chi connectivity index (χ0n) is 24.9. The molecule has 3 heterocycles. The summed E-state index contributed by atoms with van der Waals surface area (Å²) in [6.45, 7) is 8.83. The molecule has 2 fully saturated rings. The second-order valence-electron chi connectivity index (χ2n) is 13.0. The van der Waals surface area contributed by atoms with E-state index in [-0.39, 0.29) is 0 Å². The van der Waals surface area contributed by atoms with Crippen molar-refractivity contribution in [2.24, 2.45) is 0 Å². The standard InChI is InChI=1S/C33H38N4O4S2/c1-30(2,3)41-29(38)37-32(19-31(4,39)20-32)23-12-10-21(11-13-23)25-26(22-8-6-5-7-9-22)43-27(36-25)24-18-35-28(42-24)33(40)14-16-34-17-15-33/h5-13,18,34,39-40H,14-17,19-20H2,1-4H3,(H,37,38)/t31-,32-. The van der Waals surface area contributed by atoms with Gasteiger partial charge in [-0.1, -0.05) is 54.6 Å². The molecule has 1 amide bonds. The van der Waals surface area contributed by atoms with E-state index in [1.807, 2.05) is 69.4 Å². The molecule has 0 unspecified atom stereocenters. The fourth-order valence-electron chi connectivity index (χ4n) is 6.11.